The fourth-order valence-electron chi connectivity index (χ4n) is 3.13. The predicted molar refractivity (Wildman–Crippen MR) is 90.3 cm³/mol. The summed E-state index contributed by atoms with van der Waals surface area (Å²) >= 11 is 5.88. The van der Waals surface area contributed by atoms with Crippen molar-refractivity contribution in [3.63, 3.8) is 0 Å². The molecule has 0 saturated carbocycles. The minimum absolute atomic E-state index is 0.00941. The lowest BCUT2D eigenvalue weighted by molar-refractivity contribution is -0.122. The van der Waals surface area contributed by atoms with Gasteiger partial charge in [0.05, 0.1) is 5.92 Å². The summed E-state index contributed by atoms with van der Waals surface area (Å²) in [5.74, 6) is 0.163. The van der Waals surface area contributed by atoms with Crippen molar-refractivity contribution in [1.82, 2.24) is 5.32 Å². The van der Waals surface area contributed by atoms with Crippen LogP contribution in [0, 0.1) is 0 Å². The molecule has 22 heavy (non-hydrogen) atoms. The van der Waals surface area contributed by atoms with E-state index in [2.05, 4.69) is 23.5 Å². The van der Waals surface area contributed by atoms with Gasteiger partial charge >= 0.3 is 0 Å². The molecule has 0 aliphatic heterocycles. The molecule has 1 atom stereocenters. The molecule has 0 heterocycles. The van der Waals surface area contributed by atoms with E-state index in [0.29, 0.717) is 6.54 Å². The number of carbonyl (C=O) groups excluding carboxylic acids is 1. The van der Waals surface area contributed by atoms with Gasteiger partial charge in [-0.15, -0.1) is 0 Å². The molecule has 0 bridgehead atoms. The molecule has 1 N–H and O–H groups in total. The van der Waals surface area contributed by atoms with E-state index in [0.717, 1.165) is 30.7 Å². The van der Waals surface area contributed by atoms with Gasteiger partial charge in [-0.3, -0.25) is 4.79 Å². The van der Waals surface area contributed by atoms with Gasteiger partial charge < -0.3 is 5.32 Å². The average Bonchev–Trinajstić information content (AvgIpc) is 2.56. The summed E-state index contributed by atoms with van der Waals surface area (Å²) in [6.07, 6.45) is 3.96. The lowest BCUT2D eigenvalue weighted by Crippen LogP contribution is -2.32. The molecule has 2 aromatic carbocycles. The molecule has 2 aromatic rings. The first-order chi connectivity index (χ1) is 10.7. The van der Waals surface area contributed by atoms with Gasteiger partial charge in [-0.05, 0) is 54.5 Å². The molecule has 1 amide bonds. The van der Waals surface area contributed by atoms with Gasteiger partial charge in [0.15, 0.2) is 0 Å². The number of rotatable bonds is 4. The van der Waals surface area contributed by atoms with Gasteiger partial charge in [-0.1, -0.05) is 48.0 Å². The van der Waals surface area contributed by atoms with E-state index in [4.69, 9.17) is 11.6 Å². The van der Waals surface area contributed by atoms with Crippen molar-refractivity contribution in [2.75, 3.05) is 6.54 Å². The third kappa shape index (κ3) is 3.50. The van der Waals surface area contributed by atoms with Crippen molar-refractivity contribution in [1.29, 1.82) is 0 Å². The molecule has 1 unspecified atom stereocenters. The van der Waals surface area contributed by atoms with Gasteiger partial charge in [0, 0.05) is 11.6 Å². The lowest BCUT2D eigenvalue weighted by Gasteiger charge is -2.24. The monoisotopic (exact) mass is 313 g/mol. The minimum Gasteiger partial charge on any atom is -0.355 e. The van der Waals surface area contributed by atoms with Crippen molar-refractivity contribution in [2.24, 2.45) is 0 Å². The third-order valence-electron chi connectivity index (χ3n) is 4.31. The fourth-order valence-corrected chi connectivity index (χ4v) is 3.26. The second kappa shape index (κ2) is 6.97. The standard InChI is InChI=1S/C19H20ClNO/c20-16-10-8-14(9-11-16)12-13-21-19(22)18-7-3-5-15-4-1-2-6-17(15)18/h1-2,4,6,8-11,18H,3,5,7,12-13H2,(H,21,22). The van der Waals surface area contributed by atoms with Gasteiger partial charge in [-0.2, -0.15) is 0 Å². The molecule has 114 valence electrons. The van der Waals surface area contributed by atoms with E-state index >= 15 is 0 Å². The van der Waals surface area contributed by atoms with Crippen LogP contribution in [0.2, 0.25) is 5.02 Å². The number of benzene rings is 2. The van der Waals surface area contributed by atoms with E-state index in [-0.39, 0.29) is 11.8 Å². The van der Waals surface area contributed by atoms with Crippen molar-refractivity contribution >= 4 is 17.5 Å². The molecule has 0 saturated heterocycles. The van der Waals surface area contributed by atoms with E-state index < -0.39 is 0 Å². The highest BCUT2D eigenvalue weighted by atomic mass is 35.5. The van der Waals surface area contributed by atoms with Crippen LogP contribution in [0.25, 0.3) is 0 Å². The SMILES string of the molecule is O=C(NCCc1ccc(Cl)cc1)C1CCCc2ccccc21. The smallest absolute Gasteiger partial charge is 0.227 e. The Morgan fingerprint density at radius 2 is 1.91 bits per heavy atom. The zero-order valence-electron chi connectivity index (χ0n) is 12.5. The number of nitrogens with one attached hydrogen (secondary N) is 1. The van der Waals surface area contributed by atoms with Crippen LogP contribution in [0.3, 0.4) is 0 Å². The maximum atomic E-state index is 12.5. The number of carbonyl (C=O) groups is 1. The summed E-state index contributed by atoms with van der Waals surface area (Å²) in [6, 6.07) is 16.1. The highest BCUT2D eigenvalue weighted by molar-refractivity contribution is 6.30. The number of halogens is 1. The van der Waals surface area contributed by atoms with Crippen molar-refractivity contribution < 1.29 is 4.79 Å². The van der Waals surface area contributed by atoms with Crippen LogP contribution in [0.15, 0.2) is 48.5 Å². The van der Waals surface area contributed by atoms with Crippen LogP contribution in [-0.4, -0.2) is 12.5 Å². The summed E-state index contributed by atoms with van der Waals surface area (Å²) in [6.45, 7) is 0.666. The molecule has 0 radical (unpaired) electrons. The highest BCUT2D eigenvalue weighted by Crippen LogP contribution is 2.31. The summed E-state index contributed by atoms with van der Waals surface area (Å²) < 4.78 is 0. The zero-order valence-corrected chi connectivity index (χ0v) is 13.3. The molecule has 1 aliphatic rings. The maximum absolute atomic E-state index is 12.5. The molecule has 0 spiro atoms. The van der Waals surface area contributed by atoms with Gasteiger partial charge in [0.1, 0.15) is 0 Å². The number of aryl methyl sites for hydroxylation is 1. The Kier molecular flexibility index (Phi) is 4.79. The van der Waals surface area contributed by atoms with E-state index in [1.54, 1.807) is 0 Å². The molecule has 0 aromatic heterocycles. The lowest BCUT2D eigenvalue weighted by atomic mass is 9.82. The van der Waals surface area contributed by atoms with Gasteiger partial charge in [0.2, 0.25) is 5.91 Å². The number of hydrogen-bond donors (Lipinski definition) is 1. The maximum Gasteiger partial charge on any atom is 0.227 e. The number of amides is 1. The largest absolute Gasteiger partial charge is 0.355 e. The quantitative estimate of drug-likeness (QED) is 0.904. The predicted octanol–water partition coefficient (Wildman–Crippen LogP) is 4.12. The first-order valence-electron chi connectivity index (χ1n) is 7.84. The molecule has 2 nitrogen and oxygen atoms in total. The second-order valence-corrected chi connectivity index (χ2v) is 6.25. The van der Waals surface area contributed by atoms with Crippen LogP contribution in [0.5, 0.6) is 0 Å². The van der Waals surface area contributed by atoms with E-state index in [1.165, 1.54) is 16.7 Å². The Labute approximate surface area is 136 Å². The fraction of sp³-hybridized carbons (Fsp3) is 0.316. The summed E-state index contributed by atoms with van der Waals surface area (Å²) in [7, 11) is 0. The first-order valence-corrected chi connectivity index (χ1v) is 8.22. The third-order valence-corrected chi connectivity index (χ3v) is 4.56. The normalized spacial score (nSPS) is 16.9. The Bertz CT molecular complexity index is 651. The Balaban J connectivity index is 1.58. The van der Waals surface area contributed by atoms with Crippen LogP contribution in [0.4, 0.5) is 0 Å². The van der Waals surface area contributed by atoms with Crippen LogP contribution in [0.1, 0.15) is 35.4 Å². The number of fused-ring (bicyclic) bond motifs is 1. The minimum atomic E-state index is 0.00941. The van der Waals surface area contributed by atoms with Crippen LogP contribution in [-0.2, 0) is 17.6 Å². The molecule has 3 heteroatoms. The van der Waals surface area contributed by atoms with Crippen molar-refractivity contribution in [3.8, 4) is 0 Å². The molecule has 3 rings (SSSR count). The Morgan fingerprint density at radius 3 is 2.73 bits per heavy atom. The average molecular weight is 314 g/mol. The molecule has 1 aliphatic carbocycles. The Hall–Kier alpha value is -1.80. The van der Waals surface area contributed by atoms with E-state index in [1.807, 2.05) is 30.3 Å². The number of hydrogen-bond acceptors (Lipinski definition) is 1. The second-order valence-electron chi connectivity index (χ2n) is 5.81. The topological polar surface area (TPSA) is 29.1 Å². The van der Waals surface area contributed by atoms with Gasteiger partial charge in [0.25, 0.3) is 0 Å². The van der Waals surface area contributed by atoms with Crippen molar-refractivity contribution in [2.45, 2.75) is 31.6 Å². The highest BCUT2D eigenvalue weighted by Gasteiger charge is 2.25. The van der Waals surface area contributed by atoms with E-state index in [9.17, 15) is 4.79 Å². The first kappa shape index (κ1) is 15.1. The summed E-state index contributed by atoms with van der Waals surface area (Å²) in [4.78, 5) is 12.5. The molecule has 0 fully saturated rings. The molecular weight excluding hydrogens is 294 g/mol. The van der Waals surface area contributed by atoms with Crippen molar-refractivity contribution in [3.05, 3.63) is 70.2 Å². The zero-order chi connectivity index (χ0) is 15.4. The summed E-state index contributed by atoms with van der Waals surface area (Å²) in [5.41, 5.74) is 3.72. The van der Waals surface area contributed by atoms with Crippen LogP contribution >= 0.6 is 11.6 Å². The van der Waals surface area contributed by atoms with Gasteiger partial charge in [-0.25, -0.2) is 0 Å². The summed E-state index contributed by atoms with van der Waals surface area (Å²) in [5, 5.41) is 3.83. The molecular formula is C19H20ClNO. The Morgan fingerprint density at radius 1 is 1.14 bits per heavy atom. The van der Waals surface area contributed by atoms with Crippen LogP contribution < -0.4 is 5.32 Å².